The second-order valence-corrected chi connectivity index (χ2v) is 0.118. The van der Waals surface area contributed by atoms with Gasteiger partial charge in [0.1, 0.15) is 0 Å². The van der Waals surface area contributed by atoms with Gasteiger partial charge in [0.05, 0.1) is 0 Å². The van der Waals surface area contributed by atoms with E-state index >= 15 is 0 Å². The molecule has 5 heavy (non-hydrogen) atoms. The Labute approximate surface area is 46.3 Å². The minimum absolute atomic E-state index is 0. The molecule has 0 fully saturated rings. The summed E-state index contributed by atoms with van der Waals surface area (Å²) in [6, 6.07) is 0. The zero-order valence-electron chi connectivity index (χ0n) is 2.80. The fourth-order valence-electron chi connectivity index (χ4n) is 0. The van der Waals surface area contributed by atoms with Gasteiger partial charge in [-0.05, 0) is 0 Å². The molecular weight excluding hydrogens is 247 g/mol. The zero-order valence-corrected chi connectivity index (χ0v) is 5.07. The van der Waals surface area contributed by atoms with Crippen molar-refractivity contribution in [3.63, 3.8) is 0 Å². The first-order valence-electron chi connectivity index (χ1n) is 0.493. The van der Waals surface area contributed by atoms with E-state index in [2.05, 4.69) is 6.58 Å². The van der Waals surface area contributed by atoms with Crippen molar-refractivity contribution in [2.24, 2.45) is 0 Å². The Morgan fingerprint density at radius 1 is 1.60 bits per heavy atom. The van der Waals surface area contributed by atoms with E-state index in [0.29, 0.717) is 0 Å². The molecule has 32 valence electrons. The van der Waals surface area contributed by atoms with Crippen LogP contribution in [0.2, 0.25) is 0 Å². The van der Waals surface area contributed by atoms with Crippen LogP contribution in [0.4, 0.5) is 0 Å². The van der Waals surface area contributed by atoms with E-state index in [9.17, 15) is 0 Å². The van der Waals surface area contributed by atoms with Crippen molar-refractivity contribution >= 4 is 5.94 Å². The molecule has 0 radical (unpaired) electrons. The van der Waals surface area contributed by atoms with Gasteiger partial charge < -0.3 is 14.0 Å². The molecule has 0 unspecified atom stereocenters. The van der Waals surface area contributed by atoms with Gasteiger partial charge in [-0.1, -0.05) is 5.94 Å². The van der Waals surface area contributed by atoms with Crippen LogP contribution in [-0.2, 0) is 25.9 Å². The number of carbonyl (C=O) groups excluding carboxylic acids is 1. The van der Waals surface area contributed by atoms with Gasteiger partial charge in [0.15, 0.2) is 0 Å². The van der Waals surface area contributed by atoms with E-state index < -0.39 is 0 Å². The molecule has 0 amide bonds. The number of hydrogen-bond acceptors (Lipinski definition) is 1. The van der Waals surface area contributed by atoms with Gasteiger partial charge in [0.2, 0.25) is 0 Å². The fourth-order valence-corrected chi connectivity index (χ4v) is 0. The van der Waals surface area contributed by atoms with E-state index in [1.165, 1.54) is 0 Å². The first kappa shape index (κ1) is 19.2. The monoisotopic (exact) mass is 251 g/mol. The predicted octanol–water partition coefficient (Wildman–Crippen LogP) is 0.255. The summed E-state index contributed by atoms with van der Waals surface area (Å²) in [5.74, 6) is 1.00. The van der Waals surface area contributed by atoms with Crippen molar-refractivity contribution in [1.82, 2.24) is 0 Å². The van der Waals surface area contributed by atoms with Gasteiger partial charge in [-0.25, -0.2) is 0 Å². The van der Waals surface area contributed by atoms with Gasteiger partial charge >= 0.3 is 21.1 Å². The maximum atomic E-state index is 8.46. The number of hydrogen-bond donors (Lipinski definition) is 0. The second kappa shape index (κ2) is 31.5. The van der Waals surface area contributed by atoms with Crippen molar-refractivity contribution in [2.45, 2.75) is 0 Å². The van der Waals surface area contributed by atoms with Crippen LogP contribution < -0.4 is 0 Å². The molecule has 0 rings (SSSR count). The van der Waals surface area contributed by atoms with Crippen molar-refractivity contribution in [1.29, 1.82) is 0 Å². The Morgan fingerprint density at radius 2 is 1.60 bits per heavy atom. The average Bonchev–Trinajstić information content (AvgIpc) is 0.918. The second-order valence-electron chi connectivity index (χ2n) is 0.118. The Balaban J connectivity index is -0.0000000200. The third-order valence-electron chi connectivity index (χ3n) is 0. The number of rotatable bonds is 0. The van der Waals surface area contributed by atoms with Crippen LogP contribution in [0.5, 0.6) is 0 Å². The van der Waals surface area contributed by atoms with Crippen molar-refractivity contribution < 1.29 is 25.9 Å². The molecule has 0 atom stereocenters. The van der Waals surface area contributed by atoms with Gasteiger partial charge in [0.25, 0.3) is 0 Å². The molecule has 0 bridgehead atoms. The molecule has 0 aliphatic carbocycles. The van der Waals surface area contributed by atoms with Crippen molar-refractivity contribution in [2.75, 3.05) is 0 Å². The Hall–Kier alpha value is 0.138. The average molecular weight is 251 g/mol. The summed E-state index contributed by atoms with van der Waals surface area (Å²) in [5, 5.41) is 0. The molecule has 1 nitrogen and oxygen atoms in total. The summed E-state index contributed by atoms with van der Waals surface area (Å²) in [6.45, 7) is 4.04. The molecule has 0 aromatic carbocycles. The Bertz CT molecular complexity index is 27.9. The van der Waals surface area contributed by atoms with Gasteiger partial charge in [-0.15, -0.1) is 0 Å². The maximum absolute atomic E-state index is 8.46. The van der Waals surface area contributed by atoms with E-state index in [1.54, 1.807) is 0 Å². The molecular formula is C3H4OPt. The van der Waals surface area contributed by atoms with Crippen LogP contribution in [0.25, 0.3) is 0 Å². The van der Waals surface area contributed by atoms with Crippen LogP contribution in [0, 0.1) is 14.0 Å². The van der Waals surface area contributed by atoms with Gasteiger partial charge in [-0.2, -0.15) is 0 Å². The zero-order chi connectivity index (χ0) is 2.71. The first-order chi connectivity index (χ1) is 1.41. The van der Waals surface area contributed by atoms with Crippen LogP contribution in [0.3, 0.4) is 0 Å². The standard InChI is InChI=1S/C2HO.CH3.Pt/c1-2-3;;/h1H;1H3;/q2*-1;+2. The molecule has 0 aliphatic rings. The molecule has 0 aromatic heterocycles. The molecule has 2 heteroatoms. The largest absolute Gasteiger partial charge is 2.00 e. The quantitative estimate of drug-likeness (QED) is 0.445. The molecule has 0 saturated carbocycles. The third kappa shape index (κ3) is 989. The van der Waals surface area contributed by atoms with Crippen molar-refractivity contribution in [3.8, 4) is 0 Å². The van der Waals surface area contributed by atoms with Crippen LogP contribution in [0.15, 0.2) is 0 Å². The summed E-state index contributed by atoms with van der Waals surface area (Å²) in [4.78, 5) is 8.46. The normalized spacial score (nSPS) is 1.60. The van der Waals surface area contributed by atoms with Gasteiger partial charge in [-0.3, -0.25) is 4.79 Å². The topological polar surface area (TPSA) is 17.1 Å². The molecule has 0 heterocycles. The SMILES string of the molecule is [CH-]=C=O.[CH3-].[Pt+2]. The summed E-state index contributed by atoms with van der Waals surface area (Å²) in [7, 11) is 0. The smallest absolute Gasteiger partial charge is 0.420 e. The Kier molecular flexibility index (Phi) is 121. The first-order valence-corrected chi connectivity index (χ1v) is 0.493. The third-order valence-corrected chi connectivity index (χ3v) is 0. The van der Waals surface area contributed by atoms with E-state index in [-0.39, 0.29) is 28.5 Å². The van der Waals surface area contributed by atoms with Crippen LogP contribution >= 0.6 is 0 Å². The van der Waals surface area contributed by atoms with E-state index in [0.717, 1.165) is 5.94 Å². The minimum atomic E-state index is 0. The summed E-state index contributed by atoms with van der Waals surface area (Å²) < 4.78 is 0. The molecule has 0 aromatic rings. The van der Waals surface area contributed by atoms with E-state index in [1.807, 2.05) is 0 Å². The maximum Gasteiger partial charge on any atom is 2.00 e. The molecule has 0 spiro atoms. The van der Waals surface area contributed by atoms with Crippen LogP contribution in [0.1, 0.15) is 0 Å². The fraction of sp³-hybridized carbons (Fsp3) is 0. The molecule has 0 N–H and O–H groups in total. The van der Waals surface area contributed by atoms with E-state index in [4.69, 9.17) is 4.79 Å². The predicted molar refractivity (Wildman–Crippen MR) is 16.4 cm³/mol. The summed E-state index contributed by atoms with van der Waals surface area (Å²) >= 11 is 0. The Morgan fingerprint density at radius 3 is 1.60 bits per heavy atom. The summed E-state index contributed by atoms with van der Waals surface area (Å²) in [5.41, 5.74) is 0. The summed E-state index contributed by atoms with van der Waals surface area (Å²) in [6.07, 6.45) is 0. The minimum Gasteiger partial charge on any atom is -0.420 e. The van der Waals surface area contributed by atoms with Crippen LogP contribution in [-0.4, -0.2) is 5.94 Å². The van der Waals surface area contributed by atoms with Gasteiger partial charge in [0, 0.05) is 0 Å². The van der Waals surface area contributed by atoms with Crippen molar-refractivity contribution in [3.05, 3.63) is 14.0 Å². The molecule has 0 saturated heterocycles. The molecule has 0 aliphatic heterocycles.